The molecule has 0 saturated carbocycles. The smallest absolute Gasteiger partial charge is 0.350 e. The highest BCUT2D eigenvalue weighted by molar-refractivity contribution is 6.30. The Balaban J connectivity index is 1.90. The zero-order valence-corrected chi connectivity index (χ0v) is 16.8. The third-order valence-electron chi connectivity index (χ3n) is 4.35. The lowest BCUT2D eigenvalue weighted by molar-refractivity contribution is -0.171. The fraction of sp³-hybridized carbons (Fsp3) is 0.526. The van der Waals surface area contributed by atoms with Crippen molar-refractivity contribution in [2.45, 2.75) is 39.4 Å². The molecule has 2 rings (SSSR count). The molecule has 0 aliphatic carbocycles. The minimum Gasteiger partial charge on any atom is -0.476 e. The molecule has 0 spiro atoms. The minimum absolute atomic E-state index is 0.0114. The van der Waals surface area contributed by atoms with Gasteiger partial charge in [-0.15, -0.1) is 0 Å². The van der Waals surface area contributed by atoms with Crippen LogP contribution in [-0.2, 0) is 19.1 Å². The van der Waals surface area contributed by atoms with Crippen LogP contribution in [0.1, 0.15) is 27.7 Å². The van der Waals surface area contributed by atoms with E-state index in [1.54, 1.807) is 47.9 Å². The van der Waals surface area contributed by atoms with E-state index in [0.29, 0.717) is 37.0 Å². The molecule has 8 heteroatoms. The van der Waals surface area contributed by atoms with Gasteiger partial charge in [-0.25, -0.2) is 4.79 Å². The van der Waals surface area contributed by atoms with Crippen molar-refractivity contribution < 1.29 is 23.9 Å². The van der Waals surface area contributed by atoms with Gasteiger partial charge in [-0.3, -0.25) is 9.59 Å². The van der Waals surface area contributed by atoms with Gasteiger partial charge in [0.1, 0.15) is 5.75 Å². The van der Waals surface area contributed by atoms with E-state index in [-0.39, 0.29) is 11.8 Å². The third kappa shape index (κ3) is 5.60. The van der Waals surface area contributed by atoms with Crippen molar-refractivity contribution in [1.82, 2.24) is 9.80 Å². The quantitative estimate of drug-likeness (QED) is 0.712. The van der Waals surface area contributed by atoms with Gasteiger partial charge in [0, 0.05) is 38.1 Å². The highest BCUT2D eigenvalue weighted by atomic mass is 35.5. The van der Waals surface area contributed by atoms with E-state index >= 15 is 0 Å². The van der Waals surface area contributed by atoms with E-state index in [1.807, 2.05) is 0 Å². The lowest BCUT2D eigenvalue weighted by Gasteiger charge is -2.35. The number of esters is 1. The lowest BCUT2D eigenvalue weighted by atomic mass is 10.1. The highest BCUT2D eigenvalue weighted by Gasteiger charge is 2.36. The molecular formula is C19H25ClN2O5. The van der Waals surface area contributed by atoms with Crippen LogP contribution in [0.5, 0.6) is 5.75 Å². The molecule has 1 aromatic rings. The molecular weight excluding hydrogens is 372 g/mol. The molecule has 1 aromatic carbocycles. The van der Waals surface area contributed by atoms with Crippen LogP contribution in [0.15, 0.2) is 24.3 Å². The maximum absolute atomic E-state index is 12.5. The number of benzene rings is 1. The first kappa shape index (κ1) is 21.0. The second-order valence-electron chi connectivity index (χ2n) is 6.95. The predicted octanol–water partition coefficient (Wildman–Crippen LogP) is 2.12. The Morgan fingerprint density at radius 2 is 1.56 bits per heavy atom. The summed E-state index contributed by atoms with van der Waals surface area (Å²) in [6, 6.07) is 6.62. The van der Waals surface area contributed by atoms with Crippen molar-refractivity contribution >= 4 is 29.4 Å². The number of nitrogens with zero attached hydrogens (tertiary/aromatic N) is 2. The van der Waals surface area contributed by atoms with E-state index in [0.717, 1.165) is 0 Å². The van der Waals surface area contributed by atoms with Gasteiger partial charge in [0.05, 0.1) is 0 Å². The Labute approximate surface area is 164 Å². The van der Waals surface area contributed by atoms with Crippen LogP contribution >= 0.6 is 11.6 Å². The first-order chi connectivity index (χ1) is 12.6. The molecule has 0 aromatic heterocycles. The maximum Gasteiger partial charge on any atom is 0.350 e. The van der Waals surface area contributed by atoms with Crippen molar-refractivity contribution in [3.8, 4) is 5.75 Å². The molecule has 0 bridgehead atoms. The largest absolute Gasteiger partial charge is 0.476 e. The van der Waals surface area contributed by atoms with Crippen LogP contribution in [0.2, 0.25) is 5.02 Å². The zero-order valence-electron chi connectivity index (χ0n) is 16.0. The fourth-order valence-corrected chi connectivity index (χ4v) is 2.82. The van der Waals surface area contributed by atoms with Gasteiger partial charge in [0.15, 0.2) is 11.7 Å². The molecule has 1 aliphatic rings. The van der Waals surface area contributed by atoms with E-state index in [1.165, 1.54) is 13.8 Å². The number of rotatable bonds is 5. The number of hydrogen-bond acceptors (Lipinski definition) is 5. The highest BCUT2D eigenvalue weighted by Crippen LogP contribution is 2.22. The molecule has 1 heterocycles. The normalized spacial score (nSPS) is 15.9. The number of ether oxygens (including phenoxy) is 2. The molecule has 1 fully saturated rings. The molecule has 1 atom stereocenters. The molecule has 2 amide bonds. The van der Waals surface area contributed by atoms with Crippen LogP contribution < -0.4 is 4.74 Å². The van der Waals surface area contributed by atoms with Gasteiger partial charge < -0.3 is 19.3 Å². The van der Waals surface area contributed by atoms with Crippen molar-refractivity contribution in [3.63, 3.8) is 0 Å². The topological polar surface area (TPSA) is 76.2 Å². The third-order valence-corrected chi connectivity index (χ3v) is 4.60. The Morgan fingerprint density at radius 3 is 2.07 bits per heavy atom. The summed E-state index contributed by atoms with van der Waals surface area (Å²) in [4.78, 5) is 39.7. The first-order valence-electron chi connectivity index (χ1n) is 8.80. The summed E-state index contributed by atoms with van der Waals surface area (Å²) in [5.74, 6) is -0.460. The van der Waals surface area contributed by atoms with E-state index in [9.17, 15) is 14.4 Å². The summed E-state index contributed by atoms with van der Waals surface area (Å²) in [5, 5.41) is 0.562. The summed E-state index contributed by atoms with van der Waals surface area (Å²) in [7, 11) is 0. The summed E-state index contributed by atoms with van der Waals surface area (Å²) in [5.41, 5.74) is -1.27. The molecule has 148 valence electrons. The average Bonchev–Trinajstić information content (AvgIpc) is 2.62. The van der Waals surface area contributed by atoms with Crippen LogP contribution in [0, 0.1) is 0 Å². The lowest BCUT2D eigenvalue weighted by Crippen LogP contribution is -2.53. The Bertz CT molecular complexity index is 697. The second-order valence-corrected chi connectivity index (χ2v) is 7.38. The monoisotopic (exact) mass is 396 g/mol. The number of carbonyl (C=O) groups excluding carboxylic acids is 3. The van der Waals surface area contributed by atoms with Crippen molar-refractivity contribution in [3.05, 3.63) is 29.3 Å². The number of amides is 2. The van der Waals surface area contributed by atoms with Crippen molar-refractivity contribution in [2.24, 2.45) is 0 Å². The van der Waals surface area contributed by atoms with Gasteiger partial charge in [-0.05, 0) is 45.0 Å². The molecule has 1 unspecified atom stereocenters. The van der Waals surface area contributed by atoms with Gasteiger partial charge in [-0.2, -0.15) is 0 Å². The van der Waals surface area contributed by atoms with Crippen LogP contribution in [-0.4, -0.2) is 65.5 Å². The maximum atomic E-state index is 12.5. The molecule has 1 aliphatic heterocycles. The SMILES string of the molecule is CC(=O)N1CCN(C(=O)C(C)OC(=O)C(C)(C)Oc2ccc(Cl)cc2)CC1. The van der Waals surface area contributed by atoms with Crippen LogP contribution in [0.3, 0.4) is 0 Å². The zero-order chi connectivity index (χ0) is 20.2. The number of halogens is 1. The molecule has 1 saturated heterocycles. The number of hydrogen-bond donors (Lipinski definition) is 0. The molecule has 0 radical (unpaired) electrons. The minimum atomic E-state index is -1.27. The second kappa shape index (κ2) is 8.61. The average molecular weight is 397 g/mol. The Kier molecular flexibility index (Phi) is 6.70. The summed E-state index contributed by atoms with van der Waals surface area (Å²) in [6.07, 6.45) is -0.936. The Hall–Kier alpha value is -2.28. The summed E-state index contributed by atoms with van der Waals surface area (Å²) < 4.78 is 11.0. The first-order valence-corrected chi connectivity index (χ1v) is 9.18. The standard InChI is InChI=1S/C19H25ClN2O5/c1-13(17(24)22-11-9-21(10-12-22)14(2)23)26-18(25)19(3,4)27-16-7-5-15(20)6-8-16/h5-8,13H,9-12H2,1-4H3. The Morgan fingerprint density at radius 1 is 1.04 bits per heavy atom. The number of piperazine rings is 1. The van der Waals surface area contributed by atoms with Gasteiger partial charge in [0.2, 0.25) is 5.91 Å². The molecule has 7 nitrogen and oxygen atoms in total. The molecule has 0 N–H and O–H groups in total. The van der Waals surface area contributed by atoms with E-state index in [2.05, 4.69) is 0 Å². The van der Waals surface area contributed by atoms with E-state index < -0.39 is 17.7 Å². The summed E-state index contributed by atoms with van der Waals surface area (Å²) in [6.45, 7) is 8.00. The number of carbonyl (C=O) groups is 3. The van der Waals surface area contributed by atoms with Gasteiger partial charge >= 0.3 is 5.97 Å². The van der Waals surface area contributed by atoms with Gasteiger partial charge in [0.25, 0.3) is 5.91 Å². The van der Waals surface area contributed by atoms with Crippen molar-refractivity contribution in [2.75, 3.05) is 26.2 Å². The van der Waals surface area contributed by atoms with Crippen LogP contribution in [0.25, 0.3) is 0 Å². The summed E-state index contributed by atoms with van der Waals surface area (Å²) >= 11 is 5.84. The fourth-order valence-electron chi connectivity index (χ4n) is 2.69. The van der Waals surface area contributed by atoms with Crippen molar-refractivity contribution in [1.29, 1.82) is 0 Å². The van der Waals surface area contributed by atoms with Gasteiger partial charge in [-0.1, -0.05) is 11.6 Å². The van der Waals surface area contributed by atoms with Crippen LogP contribution in [0.4, 0.5) is 0 Å². The van der Waals surface area contributed by atoms with E-state index in [4.69, 9.17) is 21.1 Å². The molecule has 27 heavy (non-hydrogen) atoms. The predicted molar refractivity (Wildman–Crippen MR) is 101 cm³/mol.